The van der Waals surface area contributed by atoms with Crippen molar-refractivity contribution in [3.63, 3.8) is 0 Å². The Morgan fingerprint density at radius 1 is 1.15 bits per heavy atom. The van der Waals surface area contributed by atoms with Gasteiger partial charge in [0, 0.05) is 54.9 Å². The molecule has 26 heavy (non-hydrogen) atoms. The van der Waals surface area contributed by atoms with Crippen molar-refractivity contribution >= 4 is 46.6 Å². The molecule has 1 aliphatic rings. The fourth-order valence-corrected chi connectivity index (χ4v) is 3.78. The van der Waals surface area contributed by atoms with Crippen LogP contribution in [0, 0.1) is 0 Å². The van der Waals surface area contributed by atoms with Gasteiger partial charge in [0.05, 0.1) is 6.54 Å². The van der Waals surface area contributed by atoms with E-state index in [9.17, 15) is 4.79 Å². The van der Waals surface area contributed by atoms with Crippen molar-refractivity contribution in [2.75, 3.05) is 51.6 Å². The Balaban J connectivity index is 1.59. The average molecular weight is 415 g/mol. The lowest BCUT2D eigenvalue weighted by Gasteiger charge is -2.35. The number of piperazine rings is 1. The van der Waals surface area contributed by atoms with Gasteiger partial charge < -0.3 is 15.5 Å². The zero-order valence-electron chi connectivity index (χ0n) is 15.2. The molecule has 5 nitrogen and oxygen atoms in total. The normalized spacial score (nSPS) is 14.9. The molecule has 8 heteroatoms. The number of carbonyl (C=O) groups excluding carboxylic acids is 1. The predicted molar refractivity (Wildman–Crippen MR) is 114 cm³/mol. The highest BCUT2D eigenvalue weighted by molar-refractivity contribution is 7.99. The fourth-order valence-electron chi connectivity index (χ4n) is 2.60. The van der Waals surface area contributed by atoms with Gasteiger partial charge in [-0.1, -0.05) is 18.5 Å². The van der Waals surface area contributed by atoms with E-state index < -0.39 is 0 Å². The van der Waals surface area contributed by atoms with Gasteiger partial charge in [-0.25, -0.2) is 0 Å². The van der Waals surface area contributed by atoms with E-state index >= 15 is 0 Å². The molecule has 1 heterocycles. The van der Waals surface area contributed by atoms with Crippen molar-refractivity contribution in [3.8, 4) is 0 Å². The third-order valence-corrected chi connectivity index (χ3v) is 5.73. The van der Waals surface area contributed by atoms with Crippen molar-refractivity contribution in [2.24, 2.45) is 0 Å². The van der Waals surface area contributed by atoms with Crippen molar-refractivity contribution in [1.29, 1.82) is 0 Å². The van der Waals surface area contributed by atoms with Crippen molar-refractivity contribution in [3.05, 3.63) is 29.3 Å². The molecular weight excluding hydrogens is 388 g/mol. The van der Waals surface area contributed by atoms with E-state index in [1.54, 1.807) is 11.8 Å². The Labute approximate surface area is 170 Å². The third-order valence-electron chi connectivity index (χ3n) is 4.06. The minimum atomic E-state index is 0.111. The van der Waals surface area contributed by atoms with Crippen LogP contribution in [0.15, 0.2) is 29.2 Å². The molecule has 1 aliphatic heterocycles. The first kappa shape index (κ1) is 21.3. The smallest absolute Gasteiger partial charge is 0.234 e. The molecule has 0 spiro atoms. The van der Waals surface area contributed by atoms with Crippen LogP contribution in [-0.4, -0.2) is 72.4 Å². The van der Waals surface area contributed by atoms with Gasteiger partial charge in [-0.2, -0.15) is 0 Å². The minimum Gasteiger partial charge on any atom is -0.362 e. The monoisotopic (exact) mass is 414 g/mol. The summed E-state index contributed by atoms with van der Waals surface area (Å²) in [5.74, 6) is 1.06. The number of benzene rings is 1. The topological polar surface area (TPSA) is 47.6 Å². The maximum Gasteiger partial charge on any atom is 0.234 e. The van der Waals surface area contributed by atoms with Crippen LogP contribution in [-0.2, 0) is 4.79 Å². The van der Waals surface area contributed by atoms with Crippen LogP contribution in [0.1, 0.15) is 13.3 Å². The van der Waals surface area contributed by atoms with Gasteiger partial charge in [-0.15, -0.1) is 11.8 Å². The van der Waals surface area contributed by atoms with Gasteiger partial charge in [0.2, 0.25) is 5.91 Å². The second-order valence-electron chi connectivity index (χ2n) is 6.15. The Hall–Kier alpha value is -1.02. The number of thioether (sulfide) groups is 1. The number of rotatable bonds is 8. The zero-order valence-corrected chi connectivity index (χ0v) is 17.6. The summed E-state index contributed by atoms with van der Waals surface area (Å²) in [7, 11) is 0. The lowest BCUT2D eigenvalue weighted by molar-refractivity contribution is -0.122. The van der Waals surface area contributed by atoms with Crippen LogP contribution in [0.2, 0.25) is 5.02 Å². The van der Waals surface area contributed by atoms with Gasteiger partial charge >= 0.3 is 0 Å². The first-order valence-corrected chi connectivity index (χ1v) is 10.8. The Bertz CT molecular complexity index is 577. The summed E-state index contributed by atoms with van der Waals surface area (Å²) in [5, 5.41) is 7.82. The first-order valence-electron chi connectivity index (χ1n) is 8.98. The highest BCUT2D eigenvalue weighted by Crippen LogP contribution is 2.19. The summed E-state index contributed by atoms with van der Waals surface area (Å²) >= 11 is 13.2. The van der Waals surface area contributed by atoms with Gasteiger partial charge in [0.1, 0.15) is 0 Å². The number of hydrogen-bond acceptors (Lipinski definition) is 4. The van der Waals surface area contributed by atoms with Crippen LogP contribution in [0.25, 0.3) is 0 Å². The van der Waals surface area contributed by atoms with E-state index in [2.05, 4.69) is 27.4 Å². The van der Waals surface area contributed by atoms with Gasteiger partial charge in [-0.05, 0) is 42.9 Å². The van der Waals surface area contributed by atoms with Gasteiger partial charge in [0.25, 0.3) is 0 Å². The lowest BCUT2D eigenvalue weighted by atomic mass is 10.3. The molecule has 0 bridgehead atoms. The number of amides is 1. The number of halogens is 1. The average Bonchev–Trinajstić information content (AvgIpc) is 2.65. The summed E-state index contributed by atoms with van der Waals surface area (Å²) in [6.45, 7) is 7.55. The second-order valence-corrected chi connectivity index (χ2v) is 8.14. The molecule has 0 saturated carbocycles. The zero-order chi connectivity index (χ0) is 18.8. The van der Waals surface area contributed by atoms with E-state index in [0.717, 1.165) is 61.6 Å². The number of thiocarbonyl (C=S) groups is 1. The molecule has 0 aliphatic carbocycles. The molecule has 144 valence electrons. The molecule has 0 atom stereocenters. The molecule has 1 amide bonds. The molecule has 1 saturated heterocycles. The molecular formula is C18H27ClN4OS2. The third kappa shape index (κ3) is 7.70. The highest BCUT2D eigenvalue weighted by Gasteiger charge is 2.20. The molecule has 2 N–H and O–H groups in total. The lowest BCUT2D eigenvalue weighted by Crippen LogP contribution is -2.53. The SMILES string of the molecule is CCCNC(=O)CN1CCN(C(=S)NCCSc2ccc(Cl)cc2)CC1. The maximum atomic E-state index is 11.8. The van der Waals surface area contributed by atoms with Crippen LogP contribution in [0.3, 0.4) is 0 Å². The van der Waals surface area contributed by atoms with Gasteiger partial charge in [-0.3, -0.25) is 9.69 Å². The largest absolute Gasteiger partial charge is 0.362 e. The Kier molecular flexibility index (Phi) is 9.53. The van der Waals surface area contributed by atoms with Gasteiger partial charge in [0.15, 0.2) is 5.11 Å². The van der Waals surface area contributed by atoms with Crippen LogP contribution < -0.4 is 10.6 Å². The van der Waals surface area contributed by atoms with E-state index in [4.69, 9.17) is 23.8 Å². The minimum absolute atomic E-state index is 0.111. The quantitative estimate of drug-likeness (QED) is 0.387. The fraction of sp³-hybridized carbons (Fsp3) is 0.556. The van der Waals surface area contributed by atoms with Crippen molar-refractivity contribution in [2.45, 2.75) is 18.2 Å². The number of carbonyl (C=O) groups is 1. The predicted octanol–water partition coefficient (Wildman–Crippen LogP) is 2.45. The molecule has 1 fully saturated rings. The Morgan fingerprint density at radius 2 is 1.85 bits per heavy atom. The number of hydrogen-bond donors (Lipinski definition) is 2. The highest BCUT2D eigenvalue weighted by atomic mass is 35.5. The first-order chi connectivity index (χ1) is 12.6. The summed E-state index contributed by atoms with van der Waals surface area (Å²) in [5.41, 5.74) is 0. The second kappa shape index (κ2) is 11.6. The molecule has 0 aromatic heterocycles. The standard InChI is InChI=1S/C18H27ClN4OS2/c1-2-7-20-17(24)14-22-9-11-23(12-10-22)18(25)21-8-13-26-16-5-3-15(19)4-6-16/h3-6H,2,7-14H2,1H3,(H,20,24)(H,21,25). The van der Waals surface area contributed by atoms with Crippen LogP contribution in [0.4, 0.5) is 0 Å². The van der Waals surface area contributed by atoms with Crippen LogP contribution >= 0.6 is 35.6 Å². The summed E-state index contributed by atoms with van der Waals surface area (Å²) < 4.78 is 0. The summed E-state index contributed by atoms with van der Waals surface area (Å²) in [6.07, 6.45) is 0.968. The molecule has 1 aromatic rings. The van der Waals surface area contributed by atoms with Crippen LogP contribution in [0.5, 0.6) is 0 Å². The van der Waals surface area contributed by atoms with E-state index in [-0.39, 0.29) is 5.91 Å². The van der Waals surface area contributed by atoms with E-state index in [1.165, 1.54) is 4.90 Å². The maximum absolute atomic E-state index is 11.8. The summed E-state index contributed by atoms with van der Waals surface area (Å²) in [6, 6.07) is 7.87. The molecule has 1 aromatic carbocycles. The van der Waals surface area contributed by atoms with E-state index in [0.29, 0.717) is 6.54 Å². The Morgan fingerprint density at radius 3 is 2.50 bits per heavy atom. The number of nitrogens with one attached hydrogen (secondary N) is 2. The molecule has 0 radical (unpaired) electrons. The van der Waals surface area contributed by atoms with Crippen molar-refractivity contribution < 1.29 is 4.79 Å². The molecule has 0 unspecified atom stereocenters. The number of nitrogens with zero attached hydrogens (tertiary/aromatic N) is 2. The van der Waals surface area contributed by atoms with E-state index in [1.807, 2.05) is 24.3 Å². The molecule has 2 rings (SSSR count). The van der Waals surface area contributed by atoms with Crippen molar-refractivity contribution in [1.82, 2.24) is 20.4 Å². The summed E-state index contributed by atoms with van der Waals surface area (Å²) in [4.78, 5) is 17.4.